The predicted octanol–water partition coefficient (Wildman–Crippen LogP) is 5.14. The second-order valence-electron chi connectivity index (χ2n) is 8.51. The lowest BCUT2D eigenvalue weighted by Gasteiger charge is -2.37. The molecule has 1 unspecified atom stereocenters. The Bertz CT molecular complexity index is 1280. The SMILES string of the molecule is CC(C)N(CC(=O)N1CCc2sccc2C1COc1ccc(F)cc1)S(=O)(=O)c1ccc(Cl)cc1. The summed E-state index contributed by atoms with van der Waals surface area (Å²) in [7, 11) is -3.91. The van der Waals surface area contributed by atoms with Gasteiger partial charge in [-0.2, -0.15) is 4.31 Å². The molecule has 10 heteroatoms. The van der Waals surface area contributed by atoms with Crippen molar-refractivity contribution in [3.05, 3.63) is 81.3 Å². The summed E-state index contributed by atoms with van der Waals surface area (Å²) in [4.78, 5) is 16.5. The molecule has 35 heavy (non-hydrogen) atoms. The maximum atomic E-state index is 13.5. The quantitative estimate of drug-likeness (QED) is 0.399. The standard InChI is InChI=1S/C25H26ClFN2O4S2/c1-17(2)29(35(31,32)21-9-3-18(26)4-10-21)15-25(30)28-13-11-24-22(12-14-34-24)23(28)16-33-20-7-5-19(27)6-8-20/h3-10,12,14,17,23H,11,13,15-16H2,1-2H3. The van der Waals surface area contributed by atoms with Crippen LogP contribution in [0, 0.1) is 5.82 Å². The molecule has 0 spiro atoms. The van der Waals surface area contributed by atoms with Crippen LogP contribution in [-0.4, -0.2) is 49.3 Å². The van der Waals surface area contributed by atoms with Crippen molar-refractivity contribution in [3.8, 4) is 5.75 Å². The van der Waals surface area contributed by atoms with E-state index in [1.807, 2.05) is 11.4 Å². The second kappa shape index (κ2) is 10.7. The van der Waals surface area contributed by atoms with Gasteiger partial charge in [0.15, 0.2) is 0 Å². The minimum absolute atomic E-state index is 0.0818. The van der Waals surface area contributed by atoms with E-state index in [2.05, 4.69) is 0 Å². The first kappa shape index (κ1) is 25.6. The highest BCUT2D eigenvalue weighted by Gasteiger charge is 2.36. The zero-order valence-electron chi connectivity index (χ0n) is 19.4. The highest BCUT2D eigenvalue weighted by molar-refractivity contribution is 7.89. The summed E-state index contributed by atoms with van der Waals surface area (Å²) in [6.45, 7) is 3.81. The number of carbonyl (C=O) groups excluding carboxylic acids is 1. The monoisotopic (exact) mass is 536 g/mol. The number of fused-ring (bicyclic) bond motifs is 1. The van der Waals surface area contributed by atoms with Crippen LogP contribution in [0.3, 0.4) is 0 Å². The maximum Gasteiger partial charge on any atom is 0.243 e. The van der Waals surface area contributed by atoms with Gasteiger partial charge in [0.1, 0.15) is 18.2 Å². The molecule has 1 amide bonds. The first-order valence-electron chi connectivity index (χ1n) is 11.2. The van der Waals surface area contributed by atoms with Gasteiger partial charge in [0, 0.05) is 22.5 Å². The number of hydrogen-bond donors (Lipinski definition) is 0. The van der Waals surface area contributed by atoms with Crippen LogP contribution in [0.25, 0.3) is 0 Å². The van der Waals surface area contributed by atoms with Crippen molar-refractivity contribution in [1.82, 2.24) is 9.21 Å². The number of sulfonamides is 1. The Morgan fingerprint density at radius 1 is 1.17 bits per heavy atom. The topological polar surface area (TPSA) is 66.9 Å². The normalized spacial score (nSPS) is 15.9. The van der Waals surface area contributed by atoms with Crippen molar-refractivity contribution in [3.63, 3.8) is 0 Å². The van der Waals surface area contributed by atoms with Gasteiger partial charge in [-0.25, -0.2) is 12.8 Å². The molecule has 2 aromatic carbocycles. The highest BCUT2D eigenvalue weighted by Crippen LogP contribution is 2.34. The molecule has 2 heterocycles. The summed E-state index contributed by atoms with van der Waals surface area (Å²) in [5.41, 5.74) is 0.994. The van der Waals surface area contributed by atoms with Gasteiger partial charge in [0.05, 0.1) is 17.5 Å². The highest BCUT2D eigenvalue weighted by atomic mass is 35.5. The van der Waals surface area contributed by atoms with Crippen molar-refractivity contribution in [2.24, 2.45) is 0 Å². The third-order valence-corrected chi connectivity index (χ3v) is 9.21. The zero-order chi connectivity index (χ0) is 25.2. The molecule has 0 aliphatic carbocycles. The van der Waals surface area contributed by atoms with Crippen LogP contribution < -0.4 is 4.74 Å². The molecule has 0 bridgehead atoms. The number of hydrogen-bond acceptors (Lipinski definition) is 5. The van der Waals surface area contributed by atoms with Gasteiger partial charge < -0.3 is 9.64 Å². The van der Waals surface area contributed by atoms with Crippen molar-refractivity contribution in [2.45, 2.75) is 37.2 Å². The number of carbonyl (C=O) groups is 1. The van der Waals surface area contributed by atoms with E-state index in [1.54, 1.807) is 30.1 Å². The Balaban J connectivity index is 1.56. The van der Waals surface area contributed by atoms with E-state index in [0.29, 0.717) is 23.7 Å². The maximum absolute atomic E-state index is 13.5. The third-order valence-electron chi connectivity index (χ3n) is 5.92. The molecule has 1 aliphatic heterocycles. The fraction of sp³-hybridized carbons (Fsp3) is 0.320. The lowest BCUT2D eigenvalue weighted by atomic mass is 10.0. The second-order valence-corrected chi connectivity index (χ2v) is 11.8. The molecule has 0 radical (unpaired) electrons. The summed E-state index contributed by atoms with van der Waals surface area (Å²) < 4.78 is 47.1. The van der Waals surface area contributed by atoms with Crippen molar-refractivity contribution < 1.29 is 22.3 Å². The number of benzene rings is 2. The zero-order valence-corrected chi connectivity index (χ0v) is 21.7. The average molecular weight is 537 g/mol. The molecule has 1 aromatic heterocycles. The van der Waals surface area contributed by atoms with Gasteiger partial charge in [-0.3, -0.25) is 4.79 Å². The smallest absolute Gasteiger partial charge is 0.243 e. The summed E-state index contributed by atoms with van der Waals surface area (Å²) >= 11 is 7.55. The molecule has 0 saturated carbocycles. The van der Waals surface area contributed by atoms with Gasteiger partial charge >= 0.3 is 0 Å². The summed E-state index contributed by atoms with van der Waals surface area (Å²) in [6.07, 6.45) is 0.692. The number of ether oxygens (including phenoxy) is 1. The van der Waals surface area contributed by atoms with E-state index in [1.165, 1.54) is 57.7 Å². The molecular weight excluding hydrogens is 511 g/mol. The average Bonchev–Trinajstić information content (AvgIpc) is 3.31. The third kappa shape index (κ3) is 5.69. The Morgan fingerprint density at radius 3 is 2.51 bits per heavy atom. The Kier molecular flexibility index (Phi) is 7.80. The number of rotatable bonds is 8. The summed E-state index contributed by atoms with van der Waals surface area (Å²) in [5, 5.41) is 2.41. The predicted molar refractivity (Wildman–Crippen MR) is 135 cm³/mol. The van der Waals surface area contributed by atoms with Crippen LogP contribution in [-0.2, 0) is 21.2 Å². The molecule has 0 fully saturated rings. The fourth-order valence-corrected chi connectivity index (χ4v) is 6.73. The van der Waals surface area contributed by atoms with Crippen LogP contribution in [0.2, 0.25) is 5.02 Å². The van der Waals surface area contributed by atoms with Crippen LogP contribution in [0.15, 0.2) is 64.9 Å². The lowest BCUT2D eigenvalue weighted by Crippen LogP contribution is -2.49. The number of nitrogens with zero attached hydrogens (tertiary/aromatic N) is 2. The largest absolute Gasteiger partial charge is 0.491 e. The van der Waals surface area contributed by atoms with Crippen LogP contribution in [0.4, 0.5) is 4.39 Å². The van der Waals surface area contributed by atoms with Crippen molar-refractivity contribution in [2.75, 3.05) is 19.7 Å². The molecule has 1 atom stereocenters. The summed E-state index contributed by atoms with van der Waals surface area (Å²) in [6, 6.07) is 12.8. The molecule has 0 N–H and O–H groups in total. The first-order chi connectivity index (χ1) is 16.7. The Hall–Kier alpha value is -2.46. The van der Waals surface area contributed by atoms with E-state index in [0.717, 1.165) is 5.56 Å². The number of thiophene rings is 1. The fourth-order valence-electron chi connectivity index (χ4n) is 4.09. The van der Waals surface area contributed by atoms with E-state index in [9.17, 15) is 17.6 Å². The van der Waals surface area contributed by atoms with Gasteiger partial charge in [-0.15, -0.1) is 11.3 Å². The van der Waals surface area contributed by atoms with E-state index < -0.39 is 16.1 Å². The van der Waals surface area contributed by atoms with Gasteiger partial charge in [0.25, 0.3) is 0 Å². The van der Waals surface area contributed by atoms with Gasteiger partial charge in [0.2, 0.25) is 15.9 Å². The van der Waals surface area contributed by atoms with Crippen molar-refractivity contribution in [1.29, 1.82) is 0 Å². The Morgan fingerprint density at radius 2 is 1.86 bits per heavy atom. The van der Waals surface area contributed by atoms with E-state index in [4.69, 9.17) is 16.3 Å². The van der Waals surface area contributed by atoms with E-state index in [-0.39, 0.29) is 35.8 Å². The first-order valence-corrected chi connectivity index (χ1v) is 13.9. The number of amides is 1. The number of halogens is 2. The molecule has 3 aromatic rings. The Labute approximate surface area is 213 Å². The molecule has 186 valence electrons. The minimum atomic E-state index is -3.91. The molecular formula is C25H26ClFN2O4S2. The minimum Gasteiger partial charge on any atom is -0.491 e. The lowest BCUT2D eigenvalue weighted by molar-refractivity contribution is -0.135. The van der Waals surface area contributed by atoms with Gasteiger partial charge in [-0.1, -0.05) is 11.6 Å². The molecule has 6 nitrogen and oxygen atoms in total. The van der Waals surface area contributed by atoms with E-state index >= 15 is 0 Å². The molecule has 0 saturated heterocycles. The van der Waals surface area contributed by atoms with Crippen LogP contribution in [0.1, 0.15) is 30.3 Å². The van der Waals surface area contributed by atoms with Crippen LogP contribution in [0.5, 0.6) is 5.75 Å². The van der Waals surface area contributed by atoms with Gasteiger partial charge in [-0.05, 0) is 85.8 Å². The molecule has 1 aliphatic rings. The molecule has 4 rings (SSSR count). The van der Waals surface area contributed by atoms with Crippen LogP contribution >= 0.6 is 22.9 Å². The van der Waals surface area contributed by atoms with Crippen molar-refractivity contribution >= 4 is 38.9 Å². The summed E-state index contributed by atoms with van der Waals surface area (Å²) in [5.74, 6) is -0.168.